The molecule has 0 bridgehead atoms. The lowest BCUT2D eigenvalue weighted by molar-refractivity contribution is -0.137. The lowest BCUT2D eigenvalue weighted by atomic mass is 9.98. The summed E-state index contributed by atoms with van der Waals surface area (Å²) in [6.45, 7) is 3.89. The minimum atomic E-state index is -0.964. The van der Waals surface area contributed by atoms with Crippen LogP contribution in [0.4, 0.5) is 0 Å². The molecule has 0 aliphatic heterocycles. The van der Waals surface area contributed by atoms with Crippen molar-refractivity contribution in [1.82, 2.24) is 10.3 Å². The molecule has 5 nitrogen and oxygen atoms in total. The van der Waals surface area contributed by atoms with Gasteiger partial charge in [0.2, 0.25) is 0 Å². The number of carbonyl (C=O) groups is 2. The summed E-state index contributed by atoms with van der Waals surface area (Å²) < 4.78 is 0. The van der Waals surface area contributed by atoms with E-state index in [1.807, 2.05) is 44.2 Å². The summed E-state index contributed by atoms with van der Waals surface area (Å²) in [6, 6.07) is 10.4. The molecule has 0 saturated heterocycles. The summed E-state index contributed by atoms with van der Waals surface area (Å²) in [5.74, 6) is -1.33. The van der Waals surface area contributed by atoms with Gasteiger partial charge in [-0.1, -0.05) is 31.2 Å². The van der Waals surface area contributed by atoms with Gasteiger partial charge < -0.3 is 10.4 Å². The number of nitrogens with zero attached hydrogens (tertiary/aromatic N) is 1. The number of rotatable bonds is 6. The Labute approximate surface area is 135 Å². The number of carbonyl (C=O) groups excluding carboxylic acids is 1. The van der Waals surface area contributed by atoms with Crippen LogP contribution in [0.3, 0.4) is 0 Å². The lowest BCUT2D eigenvalue weighted by Crippen LogP contribution is -2.31. The summed E-state index contributed by atoms with van der Waals surface area (Å²) in [5.41, 5.74) is 3.05. The SMILES string of the molecule is CCc1ccnc(C(=O)NC(CC(=O)O)c2ccccc2C)c1. The van der Waals surface area contributed by atoms with Gasteiger partial charge in [0.05, 0.1) is 12.5 Å². The molecule has 1 unspecified atom stereocenters. The summed E-state index contributed by atoms with van der Waals surface area (Å²) in [7, 11) is 0. The molecule has 23 heavy (non-hydrogen) atoms. The molecule has 2 N–H and O–H groups in total. The Morgan fingerprint density at radius 1 is 1.26 bits per heavy atom. The second-order valence-corrected chi connectivity index (χ2v) is 5.38. The van der Waals surface area contributed by atoms with E-state index in [9.17, 15) is 9.59 Å². The maximum absolute atomic E-state index is 12.4. The minimum Gasteiger partial charge on any atom is -0.481 e. The number of pyridine rings is 1. The average molecular weight is 312 g/mol. The van der Waals surface area contributed by atoms with Crippen LogP contribution in [0.1, 0.15) is 46.6 Å². The zero-order valence-corrected chi connectivity index (χ0v) is 13.2. The Bertz CT molecular complexity index is 713. The topological polar surface area (TPSA) is 79.3 Å². The van der Waals surface area contributed by atoms with Crippen molar-refractivity contribution in [2.75, 3.05) is 0 Å². The normalized spacial score (nSPS) is 11.7. The first-order valence-electron chi connectivity index (χ1n) is 7.54. The van der Waals surface area contributed by atoms with E-state index in [1.54, 1.807) is 12.3 Å². The van der Waals surface area contributed by atoms with E-state index in [1.165, 1.54) is 0 Å². The molecular weight excluding hydrogens is 292 g/mol. The van der Waals surface area contributed by atoms with Crippen LogP contribution in [-0.2, 0) is 11.2 Å². The molecule has 2 aromatic rings. The van der Waals surface area contributed by atoms with E-state index in [0.29, 0.717) is 5.69 Å². The van der Waals surface area contributed by atoms with Crippen LogP contribution in [0.25, 0.3) is 0 Å². The maximum atomic E-state index is 12.4. The smallest absolute Gasteiger partial charge is 0.305 e. The fourth-order valence-corrected chi connectivity index (χ4v) is 2.44. The molecule has 0 radical (unpaired) electrons. The van der Waals surface area contributed by atoms with Crippen molar-refractivity contribution in [3.63, 3.8) is 0 Å². The first kappa shape index (κ1) is 16.7. The number of benzene rings is 1. The van der Waals surface area contributed by atoms with Gasteiger partial charge in [0.25, 0.3) is 5.91 Å². The number of aromatic nitrogens is 1. The number of amides is 1. The Hall–Kier alpha value is -2.69. The van der Waals surface area contributed by atoms with Crippen molar-refractivity contribution >= 4 is 11.9 Å². The zero-order chi connectivity index (χ0) is 16.8. The second-order valence-electron chi connectivity index (χ2n) is 5.38. The minimum absolute atomic E-state index is 0.177. The van der Waals surface area contributed by atoms with Crippen LogP contribution in [-0.4, -0.2) is 22.0 Å². The van der Waals surface area contributed by atoms with Crippen molar-refractivity contribution in [1.29, 1.82) is 0 Å². The van der Waals surface area contributed by atoms with Crippen LogP contribution in [0.15, 0.2) is 42.6 Å². The third-order valence-electron chi connectivity index (χ3n) is 3.71. The highest BCUT2D eigenvalue weighted by atomic mass is 16.4. The van der Waals surface area contributed by atoms with E-state index in [0.717, 1.165) is 23.1 Å². The van der Waals surface area contributed by atoms with Crippen LogP contribution in [0, 0.1) is 6.92 Å². The Morgan fingerprint density at radius 2 is 2.00 bits per heavy atom. The Balaban J connectivity index is 2.25. The van der Waals surface area contributed by atoms with Gasteiger partial charge in [0.15, 0.2) is 0 Å². The highest BCUT2D eigenvalue weighted by molar-refractivity contribution is 5.93. The van der Waals surface area contributed by atoms with Gasteiger partial charge in [0.1, 0.15) is 5.69 Å². The van der Waals surface area contributed by atoms with Gasteiger partial charge in [-0.3, -0.25) is 14.6 Å². The van der Waals surface area contributed by atoms with Crippen LogP contribution < -0.4 is 5.32 Å². The Morgan fingerprint density at radius 3 is 2.65 bits per heavy atom. The van der Waals surface area contributed by atoms with Gasteiger partial charge in [-0.05, 0) is 42.2 Å². The molecule has 1 atom stereocenters. The lowest BCUT2D eigenvalue weighted by Gasteiger charge is -2.19. The highest BCUT2D eigenvalue weighted by Gasteiger charge is 2.20. The number of aliphatic carboxylic acids is 1. The summed E-state index contributed by atoms with van der Waals surface area (Å²) in [5, 5.41) is 11.9. The van der Waals surface area contributed by atoms with Gasteiger partial charge in [-0.25, -0.2) is 0 Å². The fraction of sp³-hybridized carbons (Fsp3) is 0.278. The third-order valence-corrected chi connectivity index (χ3v) is 3.71. The molecule has 0 spiro atoms. The highest BCUT2D eigenvalue weighted by Crippen LogP contribution is 2.21. The molecule has 1 aromatic carbocycles. The van der Waals surface area contributed by atoms with E-state index in [4.69, 9.17) is 5.11 Å². The van der Waals surface area contributed by atoms with E-state index >= 15 is 0 Å². The van der Waals surface area contributed by atoms with Crippen LogP contribution >= 0.6 is 0 Å². The molecule has 5 heteroatoms. The van der Waals surface area contributed by atoms with Gasteiger partial charge >= 0.3 is 5.97 Å². The van der Waals surface area contributed by atoms with Crippen LogP contribution in [0.5, 0.6) is 0 Å². The number of carboxylic acids is 1. The molecule has 1 heterocycles. The van der Waals surface area contributed by atoms with Crippen molar-refractivity contribution in [2.24, 2.45) is 0 Å². The predicted octanol–water partition coefficient (Wildman–Crippen LogP) is 2.90. The molecule has 0 aliphatic carbocycles. The quantitative estimate of drug-likeness (QED) is 0.859. The zero-order valence-electron chi connectivity index (χ0n) is 13.2. The average Bonchev–Trinajstić information content (AvgIpc) is 2.54. The van der Waals surface area contributed by atoms with Gasteiger partial charge in [-0.15, -0.1) is 0 Å². The van der Waals surface area contributed by atoms with Crippen molar-refractivity contribution in [3.8, 4) is 0 Å². The molecule has 0 saturated carbocycles. The molecule has 1 amide bonds. The van der Waals surface area contributed by atoms with Gasteiger partial charge in [0, 0.05) is 6.20 Å². The first-order valence-corrected chi connectivity index (χ1v) is 7.54. The number of carboxylic acid groups (broad SMARTS) is 1. The summed E-state index contributed by atoms with van der Waals surface area (Å²) in [6.07, 6.45) is 2.22. The van der Waals surface area contributed by atoms with Gasteiger partial charge in [-0.2, -0.15) is 0 Å². The largest absolute Gasteiger partial charge is 0.481 e. The van der Waals surface area contributed by atoms with Crippen molar-refractivity contribution in [3.05, 3.63) is 65.0 Å². The number of hydrogen-bond acceptors (Lipinski definition) is 3. The van der Waals surface area contributed by atoms with E-state index in [2.05, 4.69) is 10.3 Å². The van der Waals surface area contributed by atoms with Crippen molar-refractivity contribution < 1.29 is 14.7 Å². The maximum Gasteiger partial charge on any atom is 0.305 e. The second kappa shape index (κ2) is 7.54. The fourth-order valence-electron chi connectivity index (χ4n) is 2.44. The number of nitrogens with one attached hydrogen (secondary N) is 1. The van der Waals surface area contributed by atoms with E-state index in [-0.39, 0.29) is 12.3 Å². The Kier molecular flexibility index (Phi) is 5.46. The predicted molar refractivity (Wildman–Crippen MR) is 87.3 cm³/mol. The molecule has 2 rings (SSSR count). The first-order chi connectivity index (χ1) is 11.0. The third kappa shape index (κ3) is 4.39. The molecular formula is C18H20N2O3. The van der Waals surface area contributed by atoms with Crippen LogP contribution in [0.2, 0.25) is 0 Å². The van der Waals surface area contributed by atoms with Crippen molar-refractivity contribution in [2.45, 2.75) is 32.7 Å². The standard InChI is InChI=1S/C18H20N2O3/c1-3-13-8-9-19-16(10-13)18(23)20-15(11-17(21)22)14-7-5-4-6-12(14)2/h4-10,15H,3,11H2,1-2H3,(H,20,23)(H,21,22). The summed E-state index contributed by atoms with van der Waals surface area (Å²) in [4.78, 5) is 27.6. The summed E-state index contributed by atoms with van der Waals surface area (Å²) >= 11 is 0. The molecule has 0 fully saturated rings. The number of aryl methyl sites for hydroxylation is 2. The number of hydrogen-bond donors (Lipinski definition) is 2. The molecule has 120 valence electrons. The monoisotopic (exact) mass is 312 g/mol. The van der Waals surface area contributed by atoms with E-state index < -0.39 is 12.0 Å². The molecule has 1 aromatic heterocycles. The molecule has 0 aliphatic rings.